The van der Waals surface area contributed by atoms with Gasteiger partial charge in [0.1, 0.15) is 0 Å². The standard InChI is InChI=1S/C12H18Cl2Si/c1-3-4-10-12(15(2,13)14)11-8-6-5-7-9-11/h5-9,12H,3-4,10H2,1-2H3. The van der Waals surface area contributed by atoms with Gasteiger partial charge in [0.15, 0.2) is 0 Å². The van der Waals surface area contributed by atoms with Crippen LogP contribution in [-0.2, 0) is 0 Å². The van der Waals surface area contributed by atoms with Crippen LogP contribution in [0.25, 0.3) is 0 Å². The van der Waals surface area contributed by atoms with E-state index >= 15 is 0 Å². The molecule has 0 aliphatic rings. The van der Waals surface area contributed by atoms with Crippen LogP contribution in [0.15, 0.2) is 30.3 Å². The van der Waals surface area contributed by atoms with Gasteiger partial charge < -0.3 is 0 Å². The second-order valence-electron chi connectivity index (χ2n) is 4.06. The van der Waals surface area contributed by atoms with Gasteiger partial charge in [-0.15, -0.1) is 22.2 Å². The lowest BCUT2D eigenvalue weighted by atomic mass is 10.1. The fraction of sp³-hybridized carbons (Fsp3) is 0.500. The van der Waals surface area contributed by atoms with E-state index in [-0.39, 0.29) is 0 Å². The van der Waals surface area contributed by atoms with E-state index in [0.29, 0.717) is 5.54 Å². The SMILES string of the molecule is CCCCC(c1ccccc1)[Si](C)(Cl)Cl. The van der Waals surface area contributed by atoms with Crippen molar-refractivity contribution in [2.75, 3.05) is 0 Å². The lowest BCUT2D eigenvalue weighted by molar-refractivity contribution is 0.692. The number of halogens is 2. The van der Waals surface area contributed by atoms with Gasteiger partial charge in [0, 0.05) is 5.54 Å². The first-order valence-corrected chi connectivity index (χ1v) is 10.1. The molecule has 0 bridgehead atoms. The third-order valence-corrected chi connectivity index (χ3v) is 6.09. The lowest BCUT2D eigenvalue weighted by Gasteiger charge is -2.24. The van der Waals surface area contributed by atoms with E-state index in [0.717, 1.165) is 6.42 Å². The van der Waals surface area contributed by atoms with Gasteiger partial charge >= 0.3 is 0 Å². The molecule has 0 aliphatic heterocycles. The van der Waals surface area contributed by atoms with Crippen LogP contribution in [0.2, 0.25) is 6.55 Å². The van der Waals surface area contributed by atoms with E-state index in [4.69, 9.17) is 22.2 Å². The Morgan fingerprint density at radius 1 is 1.20 bits per heavy atom. The molecule has 0 saturated carbocycles. The van der Waals surface area contributed by atoms with E-state index in [2.05, 4.69) is 31.2 Å². The molecule has 0 nitrogen and oxygen atoms in total. The van der Waals surface area contributed by atoms with Crippen LogP contribution < -0.4 is 0 Å². The van der Waals surface area contributed by atoms with E-state index in [1.54, 1.807) is 0 Å². The Balaban J connectivity index is 2.82. The van der Waals surface area contributed by atoms with Gasteiger partial charge in [0.2, 0.25) is 0 Å². The molecule has 1 atom stereocenters. The van der Waals surface area contributed by atoms with Gasteiger partial charge in [-0.2, -0.15) is 0 Å². The molecule has 0 saturated heterocycles. The normalized spacial score (nSPS) is 13.9. The van der Waals surface area contributed by atoms with Crippen molar-refractivity contribution in [1.82, 2.24) is 0 Å². The van der Waals surface area contributed by atoms with Crippen LogP contribution in [0.4, 0.5) is 0 Å². The van der Waals surface area contributed by atoms with E-state index < -0.39 is 6.69 Å². The molecule has 3 heteroatoms. The summed E-state index contributed by atoms with van der Waals surface area (Å²) < 4.78 is 0. The zero-order valence-corrected chi connectivity index (χ0v) is 11.9. The number of rotatable bonds is 5. The van der Waals surface area contributed by atoms with E-state index in [1.807, 2.05) is 12.6 Å². The van der Waals surface area contributed by atoms with Crippen LogP contribution >= 0.6 is 22.2 Å². The molecule has 0 aromatic heterocycles. The fourth-order valence-corrected chi connectivity index (χ4v) is 4.71. The van der Waals surface area contributed by atoms with Gasteiger partial charge in [0.05, 0.1) is 0 Å². The van der Waals surface area contributed by atoms with E-state index in [9.17, 15) is 0 Å². The number of benzene rings is 1. The summed E-state index contributed by atoms with van der Waals surface area (Å²) in [6.07, 6.45) is 3.50. The summed E-state index contributed by atoms with van der Waals surface area (Å²) >= 11 is 12.7. The first-order chi connectivity index (χ1) is 7.05. The van der Waals surface area contributed by atoms with Gasteiger partial charge in [-0.25, -0.2) is 0 Å². The Morgan fingerprint density at radius 3 is 2.27 bits per heavy atom. The molecule has 84 valence electrons. The molecule has 0 spiro atoms. The monoisotopic (exact) mass is 260 g/mol. The predicted molar refractivity (Wildman–Crippen MR) is 72.0 cm³/mol. The molecule has 1 rings (SSSR count). The maximum Gasteiger partial charge on any atom is 0.255 e. The second kappa shape index (κ2) is 5.93. The highest BCUT2D eigenvalue weighted by molar-refractivity contribution is 7.45. The van der Waals surface area contributed by atoms with Crippen molar-refractivity contribution in [2.24, 2.45) is 0 Å². The van der Waals surface area contributed by atoms with Crippen molar-refractivity contribution in [3.8, 4) is 0 Å². The summed E-state index contributed by atoms with van der Waals surface area (Å²) in [5.74, 6) is 0. The van der Waals surface area contributed by atoms with Gasteiger partial charge in [-0.1, -0.05) is 50.1 Å². The Hall–Kier alpha value is 0.0169. The molecule has 0 amide bonds. The molecule has 15 heavy (non-hydrogen) atoms. The molecule has 0 N–H and O–H groups in total. The van der Waals surface area contributed by atoms with Crippen LogP contribution in [-0.4, -0.2) is 6.69 Å². The van der Waals surface area contributed by atoms with Crippen molar-refractivity contribution in [2.45, 2.75) is 38.3 Å². The molecule has 0 radical (unpaired) electrons. The molecule has 0 heterocycles. The van der Waals surface area contributed by atoms with Gasteiger partial charge in [0.25, 0.3) is 6.69 Å². The highest BCUT2D eigenvalue weighted by Crippen LogP contribution is 2.36. The minimum Gasteiger partial charge on any atom is -0.145 e. The summed E-state index contributed by atoms with van der Waals surface area (Å²) in [7, 11) is 0. The maximum atomic E-state index is 6.37. The van der Waals surface area contributed by atoms with Crippen LogP contribution in [0, 0.1) is 0 Å². The number of hydrogen-bond donors (Lipinski definition) is 0. The molecular formula is C12H18Cl2Si. The zero-order valence-electron chi connectivity index (χ0n) is 9.34. The van der Waals surface area contributed by atoms with Crippen molar-refractivity contribution in [1.29, 1.82) is 0 Å². The molecular weight excluding hydrogens is 243 g/mol. The molecule has 0 aliphatic carbocycles. The van der Waals surface area contributed by atoms with Crippen molar-refractivity contribution in [3.05, 3.63) is 35.9 Å². The Labute approximate surface area is 103 Å². The Bertz CT molecular complexity index is 279. The summed E-state index contributed by atoms with van der Waals surface area (Å²) in [4.78, 5) is 0. The van der Waals surface area contributed by atoms with Crippen molar-refractivity contribution < 1.29 is 0 Å². The third-order valence-electron chi connectivity index (χ3n) is 2.66. The van der Waals surface area contributed by atoms with E-state index in [1.165, 1.54) is 18.4 Å². The first kappa shape index (κ1) is 13.1. The summed E-state index contributed by atoms with van der Waals surface area (Å²) in [5.41, 5.74) is 1.66. The van der Waals surface area contributed by atoms with Gasteiger partial charge in [-0.3, -0.25) is 0 Å². The number of hydrogen-bond acceptors (Lipinski definition) is 0. The van der Waals surface area contributed by atoms with Crippen LogP contribution in [0.1, 0.15) is 37.3 Å². The summed E-state index contributed by atoms with van der Waals surface area (Å²) in [5, 5.41) is 0. The average Bonchev–Trinajstić information content (AvgIpc) is 2.18. The minimum atomic E-state index is -2.12. The van der Waals surface area contributed by atoms with Gasteiger partial charge in [-0.05, 0) is 18.5 Å². The Morgan fingerprint density at radius 2 is 1.80 bits per heavy atom. The highest BCUT2D eigenvalue weighted by atomic mass is 35.7. The Kier molecular flexibility index (Phi) is 5.17. The third kappa shape index (κ3) is 4.18. The molecule has 1 aromatic rings. The predicted octanol–water partition coefficient (Wildman–Crippen LogP) is 5.05. The zero-order chi connectivity index (χ0) is 11.3. The molecule has 1 aromatic carbocycles. The topological polar surface area (TPSA) is 0 Å². The fourth-order valence-electron chi connectivity index (χ4n) is 1.81. The second-order valence-corrected chi connectivity index (χ2v) is 12.0. The smallest absolute Gasteiger partial charge is 0.145 e. The van der Waals surface area contributed by atoms with Crippen molar-refractivity contribution >= 4 is 28.9 Å². The highest BCUT2D eigenvalue weighted by Gasteiger charge is 2.33. The minimum absolute atomic E-state index is 0.363. The quantitative estimate of drug-likeness (QED) is 0.514. The maximum absolute atomic E-state index is 6.37. The number of unbranched alkanes of at least 4 members (excludes halogenated alkanes) is 1. The lowest BCUT2D eigenvalue weighted by Crippen LogP contribution is -2.25. The van der Waals surface area contributed by atoms with Crippen LogP contribution in [0.5, 0.6) is 0 Å². The molecule has 1 unspecified atom stereocenters. The average molecular weight is 261 g/mol. The van der Waals surface area contributed by atoms with Crippen molar-refractivity contribution in [3.63, 3.8) is 0 Å². The summed E-state index contributed by atoms with van der Waals surface area (Å²) in [6, 6.07) is 10.4. The van der Waals surface area contributed by atoms with Crippen LogP contribution in [0.3, 0.4) is 0 Å². The largest absolute Gasteiger partial charge is 0.255 e. The summed E-state index contributed by atoms with van der Waals surface area (Å²) in [6.45, 7) is 2.09. The molecule has 0 fully saturated rings. The first-order valence-electron chi connectivity index (χ1n) is 5.48.